The lowest BCUT2D eigenvalue weighted by Gasteiger charge is -2.09. The first-order valence-electron chi connectivity index (χ1n) is 5.69. The predicted octanol–water partition coefficient (Wildman–Crippen LogP) is 0.675. The number of aromatic amines is 1. The van der Waals surface area contributed by atoms with Crippen molar-refractivity contribution in [2.45, 2.75) is 11.4 Å². The summed E-state index contributed by atoms with van der Waals surface area (Å²) in [4.78, 5) is 11.5. The average Bonchev–Trinajstić information content (AvgIpc) is 2.98. The van der Waals surface area contributed by atoms with Gasteiger partial charge in [-0.15, -0.1) is 0 Å². The van der Waals surface area contributed by atoms with Crippen molar-refractivity contribution in [3.63, 3.8) is 0 Å². The molecule has 0 spiro atoms. The van der Waals surface area contributed by atoms with Crippen molar-refractivity contribution in [2.75, 3.05) is 7.11 Å². The van der Waals surface area contributed by atoms with Crippen LogP contribution in [-0.2, 0) is 21.3 Å². The normalized spacial score (nSPS) is 11.2. The van der Waals surface area contributed by atoms with Crippen LogP contribution in [0, 0.1) is 0 Å². The van der Waals surface area contributed by atoms with Crippen LogP contribution in [-0.4, -0.2) is 31.7 Å². The number of hydrogen-bond acceptors (Lipinski definition) is 5. The minimum Gasteiger partial charge on any atom is -0.465 e. The molecule has 1 aromatic carbocycles. The van der Waals surface area contributed by atoms with Gasteiger partial charge in [0.1, 0.15) is 0 Å². The van der Waals surface area contributed by atoms with E-state index in [0.717, 1.165) is 0 Å². The number of carbonyl (C=O) groups is 1. The van der Waals surface area contributed by atoms with Gasteiger partial charge in [-0.3, -0.25) is 5.10 Å². The maximum absolute atomic E-state index is 12.2. The van der Waals surface area contributed by atoms with Crippen LogP contribution in [0.5, 0.6) is 0 Å². The van der Waals surface area contributed by atoms with Gasteiger partial charge in [-0.2, -0.15) is 5.10 Å². The van der Waals surface area contributed by atoms with Crippen LogP contribution >= 0.6 is 0 Å². The molecule has 0 atom stereocenters. The van der Waals surface area contributed by atoms with Crippen molar-refractivity contribution in [3.05, 3.63) is 47.8 Å². The van der Waals surface area contributed by atoms with Crippen LogP contribution in [0.3, 0.4) is 0 Å². The monoisotopic (exact) mass is 295 g/mol. The number of methoxy groups -OCH3 is 1. The fourth-order valence-electron chi connectivity index (χ4n) is 1.61. The topological polar surface area (TPSA) is 101 Å². The van der Waals surface area contributed by atoms with Crippen LogP contribution in [0.25, 0.3) is 0 Å². The highest BCUT2D eigenvalue weighted by molar-refractivity contribution is 7.89. The summed E-state index contributed by atoms with van der Waals surface area (Å²) >= 11 is 0. The molecule has 0 aliphatic rings. The Morgan fingerprint density at radius 2 is 2.15 bits per heavy atom. The van der Waals surface area contributed by atoms with Gasteiger partial charge in [0.25, 0.3) is 0 Å². The van der Waals surface area contributed by atoms with E-state index in [1.807, 2.05) is 0 Å². The Morgan fingerprint density at radius 1 is 1.40 bits per heavy atom. The molecule has 0 saturated carbocycles. The number of nitrogens with one attached hydrogen (secondary N) is 2. The van der Waals surface area contributed by atoms with Gasteiger partial charge in [-0.05, 0) is 12.1 Å². The zero-order chi connectivity index (χ0) is 14.6. The number of sulfonamides is 1. The Morgan fingerprint density at radius 3 is 2.80 bits per heavy atom. The molecule has 20 heavy (non-hydrogen) atoms. The van der Waals surface area contributed by atoms with Crippen molar-refractivity contribution in [1.29, 1.82) is 0 Å². The van der Waals surface area contributed by atoms with Crippen molar-refractivity contribution < 1.29 is 17.9 Å². The van der Waals surface area contributed by atoms with E-state index in [1.54, 1.807) is 18.3 Å². The maximum Gasteiger partial charge on any atom is 0.339 e. The standard InChI is InChI=1S/C12H13N3O4S/c1-19-12(16)10-4-2-3-5-11(10)20(17,18)15-8-9-6-13-14-7-9/h2-7,15H,8H2,1H3,(H,13,14). The third-order valence-electron chi connectivity index (χ3n) is 2.60. The molecule has 106 valence electrons. The SMILES string of the molecule is COC(=O)c1ccccc1S(=O)(=O)NCc1cn[nH]c1. The fraction of sp³-hybridized carbons (Fsp3) is 0.167. The smallest absolute Gasteiger partial charge is 0.339 e. The number of esters is 1. The lowest BCUT2D eigenvalue weighted by Crippen LogP contribution is -2.25. The first-order chi connectivity index (χ1) is 9.54. The van der Waals surface area contributed by atoms with Gasteiger partial charge in [0.15, 0.2) is 0 Å². The third-order valence-corrected chi connectivity index (χ3v) is 4.06. The molecule has 2 rings (SSSR count). The van der Waals surface area contributed by atoms with E-state index < -0.39 is 16.0 Å². The molecule has 1 heterocycles. The van der Waals surface area contributed by atoms with Crippen molar-refractivity contribution >= 4 is 16.0 Å². The molecule has 1 aromatic heterocycles. The fourth-order valence-corrected chi connectivity index (χ4v) is 2.82. The number of H-pyrrole nitrogens is 1. The lowest BCUT2D eigenvalue weighted by molar-refractivity contribution is 0.0596. The Kier molecular flexibility index (Phi) is 4.16. The van der Waals surface area contributed by atoms with Gasteiger partial charge >= 0.3 is 5.97 Å². The largest absolute Gasteiger partial charge is 0.465 e. The summed E-state index contributed by atoms with van der Waals surface area (Å²) in [7, 11) is -2.62. The highest BCUT2D eigenvalue weighted by atomic mass is 32.2. The van der Waals surface area contributed by atoms with Crippen molar-refractivity contribution in [3.8, 4) is 0 Å². The van der Waals surface area contributed by atoms with E-state index in [1.165, 1.54) is 25.4 Å². The molecule has 7 nitrogen and oxygen atoms in total. The lowest BCUT2D eigenvalue weighted by atomic mass is 10.2. The van der Waals surface area contributed by atoms with Crippen molar-refractivity contribution in [2.24, 2.45) is 0 Å². The van der Waals surface area contributed by atoms with Gasteiger partial charge in [0, 0.05) is 18.3 Å². The van der Waals surface area contributed by atoms with E-state index >= 15 is 0 Å². The first kappa shape index (κ1) is 14.2. The van der Waals surface area contributed by atoms with Crippen LogP contribution in [0.4, 0.5) is 0 Å². The van der Waals surface area contributed by atoms with E-state index in [9.17, 15) is 13.2 Å². The van der Waals surface area contributed by atoms with E-state index in [-0.39, 0.29) is 17.0 Å². The predicted molar refractivity (Wildman–Crippen MR) is 70.4 cm³/mol. The molecule has 0 aliphatic carbocycles. The highest BCUT2D eigenvalue weighted by Gasteiger charge is 2.22. The molecule has 0 unspecified atom stereocenters. The number of benzene rings is 1. The van der Waals surface area contributed by atoms with Gasteiger partial charge in [0.2, 0.25) is 10.0 Å². The molecule has 0 saturated heterocycles. The zero-order valence-electron chi connectivity index (χ0n) is 10.7. The number of rotatable bonds is 5. The summed E-state index contributed by atoms with van der Waals surface area (Å²) in [6.45, 7) is 0.0777. The third kappa shape index (κ3) is 3.03. The van der Waals surface area contributed by atoms with Crippen LogP contribution in [0.15, 0.2) is 41.6 Å². The van der Waals surface area contributed by atoms with E-state index in [0.29, 0.717) is 5.56 Å². The molecule has 0 aliphatic heterocycles. The molecule has 0 amide bonds. The summed E-state index contributed by atoms with van der Waals surface area (Å²) < 4.78 is 31.4. The summed E-state index contributed by atoms with van der Waals surface area (Å²) in [6.07, 6.45) is 3.09. The van der Waals surface area contributed by atoms with Crippen LogP contribution < -0.4 is 4.72 Å². The summed E-state index contributed by atoms with van der Waals surface area (Å²) in [6, 6.07) is 5.86. The Bertz CT molecular complexity index is 695. The van der Waals surface area contributed by atoms with Gasteiger partial charge in [-0.25, -0.2) is 17.9 Å². The second-order valence-electron chi connectivity index (χ2n) is 3.92. The minimum atomic E-state index is -3.81. The Balaban J connectivity index is 2.27. The Hall–Kier alpha value is -2.19. The summed E-state index contributed by atoms with van der Waals surface area (Å²) in [5, 5.41) is 6.31. The second kappa shape index (κ2) is 5.85. The molecular weight excluding hydrogens is 282 g/mol. The van der Waals surface area contributed by atoms with Gasteiger partial charge < -0.3 is 4.74 Å². The quantitative estimate of drug-likeness (QED) is 0.790. The molecule has 0 fully saturated rings. The molecule has 0 bridgehead atoms. The summed E-state index contributed by atoms with van der Waals surface area (Å²) in [5.74, 6) is -0.700. The molecule has 8 heteroatoms. The number of hydrogen-bond donors (Lipinski definition) is 2. The maximum atomic E-state index is 12.2. The molecule has 0 radical (unpaired) electrons. The number of nitrogens with zero attached hydrogens (tertiary/aromatic N) is 1. The molecule has 2 aromatic rings. The minimum absolute atomic E-state index is 0.00491. The Labute approximate surface area is 116 Å². The first-order valence-corrected chi connectivity index (χ1v) is 7.17. The average molecular weight is 295 g/mol. The van der Waals surface area contributed by atoms with E-state index in [4.69, 9.17) is 0 Å². The van der Waals surface area contributed by atoms with Crippen LogP contribution in [0.2, 0.25) is 0 Å². The molecular formula is C12H13N3O4S. The zero-order valence-corrected chi connectivity index (χ0v) is 11.5. The number of aromatic nitrogens is 2. The highest BCUT2D eigenvalue weighted by Crippen LogP contribution is 2.16. The molecule has 2 N–H and O–H groups in total. The summed E-state index contributed by atoms with van der Waals surface area (Å²) in [5.41, 5.74) is 0.679. The number of carbonyl (C=O) groups excluding carboxylic acids is 1. The second-order valence-corrected chi connectivity index (χ2v) is 5.65. The van der Waals surface area contributed by atoms with Gasteiger partial charge in [-0.1, -0.05) is 12.1 Å². The van der Waals surface area contributed by atoms with Crippen molar-refractivity contribution in [1.82, 2.24) is 14.9 Å². The van der Waals surface area contributed by atoms with Crippen LogP contribution in [0.1, 0.15) is 15.9 Å². The van der Waals surface area contributed by atoms with E-state index in [2.05, 4.69) is 19.7 Å². The van der Waals surface area contributed by atoms with Gasteiger partial charge in [0.05, 0.1) is 23.8 Å². The number of ether oxygens (including phenoxy) is 1.